The molecule has 2 aliphatic rings. The van der Waals surface area contributed by atoms with E-state index in [-0.39, 0.29) is 23.1 Å². The van der Waals surface area contributed by atoms with Crippen LogP contribution in [0.1, 0.15) is 27.2 Å². The lowest BCUT2D eigenvalue weighted by Crippen LogP contribution is -2.54. The zero-order valence-corrected chi connectivity index (χ0v) is 15.4. The molecule has 0 saturated carbocycles. The summed E-state index contributed by atoms with van der Waals surface area (Å²) in [4.78, 5) is 30.6. The van der Waals surface area contributed by atoms with Gasteiger partial charge in [0.1, 0.15) is 0 Å². The Bertz CT molecular complexity index is 413. The molecule has 2 saturated heterocycles. The summed E-state index contributed by atoms with van der Waals surface area (Å²) in [5.74, 6) is 1.41. The van der Waals surface area contributed by atoms with Crippen molar-refractivity contribution in [1.29, 1.82) is 0 Å². The molecule has 0 aromatic carbocycles. The van der Waals surface area contributed by atoms with E-state index in [4.69, 9.17) is 0 Å². The highest BCUT2D eigenvalue weighted by Gasteiger charge is 2.28. The predicted octanol–water partition coefficient (Wildman–Crippen LogP) is 0.440. The first-order valence-electron chi connectivity index (χ1n) is 8.64. The Morgan fingerprint density at radius 1 is 1.26 bits per heavy atom. The lowest BCUT2D eigenvalue weighted by atomic mass is 10.2. The van der Waals surface area contributed by atoms with E-state index in [1.54, 1.807) is 11.8 Å². The first-order chi connectivity index (χ1) is 11.0. The van der Waals surface area contributed by atoms with Gasteiger partial charge in [0.05, 0.1) is 18.5 Å². The molecule has 2 heterocycles. The number of thioether (sulfide) groups is 1. The Hall–Kier alpha value is -0.790. The summed E-state index contributed by atoms with van der Waals surface area (Å²) in [6.07, 6.45) is 0.958. The first-order valence-corrected chi connectivity index (χ1v) is 9.69. The quantitative estimate of drug-likeness (QED) is 0.759. The molecule has 2 amide bonds. The van der Waals surface area contributed by atoms with E-state index in [0.29, 0.717) is 6.54 Å². The van der Waals surface area contributed by atoms with Gasteiger partial charge in [-0.2, -0.15) is 0 Å². The average Bonchev–Trinajstić information content (AvgIpc) is 2.53. The van der Waals surface area contributed by atoms with Crippen molar-refractivity contribution < 1.29 is 9.59 Å². The van der Waals surface area contributed by atoms with Gasteiger partial charge in [0, 0.05) is 44.5 Å². The van der Waals surface area contributed by atoms with E-state index in [0.717, 1.165) is 51.6 Å². The van der Waals surface area contributed by atoms with Gasteiger partial charge in [-0.15, -0.1) is 11.8 Å². The zero-order valence-electron chi connectivity index (χ0n) is 14.6. The van der Waals surface area contributed by atoms with Gasteiger partial charge in [-0.1, -0.05) is 6.92 Å². The number of carbonyl (C=O) groups is 2. The molecule has 6 nitrogen and oxygen atoms in total. The third-order valence-corrected chi connectivity index (χ3v) is 5.73. The van der Waals surface area contributed by atoms with Gasteiger partial charge in [-0.25, -0.2) is 0 Å². The number of nitrogens with one attached hydrogen (secondary N) is 1. The van der Waals surface area contributed by atoms with E-state index in [9.17, 15) is 9.59 Å². The van der Waals surface area contributed by atoms with Crippen molar-refractivity contribution in [1.82, 2.24) is 20.0 Å². The van der Waals surface area contributed by atoms with E-state index in [2.05, 4.69) is 22.0 Å². The molecule has 7 heteroatoms. The minimum atomic E-state index is 0.0919. The number of amides is 2. The molecule has 1 N–H and O–H groups in total. The molecule has 2 fully saturated rings. The SMILES string of the molecule is CC[C@H](C)NC(=O)CN1CCN(CN2CCS[C@H](C)C2=O)CC1. The van der Waals surface area contributed by atoms with Crippen LogP contribution in [0.5, 0.6) is 0 Å². The van der Waals surface area contributed by atoms with Crippen molar-refractivity contribution >= 4 is 23.6 Å². The van der Waals surface area contributed by atoms with Crippen LogP contribution in [0.2, 0.25) is 0 Å². The minimum absolute atomic E-state index is 0.0919. The van der Waals surface area contributed by atoms with Gasteiger partial charge in [0.15, 0.2) is 0 Å². The monoisotopic (exact) mass is 342 g/mol. The Morgan fingerprint density at radius 2 is 1.91 bits per heavy atom. The van der Waals surface area contributed by atoms with Crippen LogP contribution in [0.4, 0.5) is 0 Å². The maximum absolute atomic E-state index is 12.2. The molecular formula is C16H30N4O2S. The largest absolute Gasteiger partial charge is 0.353 e. The highest BCUT2D eigenvalue weighted by atomic mass is 32.2. The molecule has 0 bridgehead atoms. The highest BCUT2D eigenvalue weighted by Crippen LogP contribution is 2.19. The average molecular weight is 343 g/mol. The van der Waals surface area contributed by atoms with Crippen molar-refractivity contribution in [2.45, 2.75) is 38.5 Å². The minimum Gasteiger partial charge on any atom is -0.353 e. The van der Waals surface area contributed by atoms with Crippen molar-refractivity contribution in [2.24, 2.45) is 0 Å². The number of hydrogen-bond acceptors (Lipinski definition) is 5. The molecule has 2 aliphatic heterocycles. The molecular weight excluding hydrogens is 312 g/mol. The molecule has 0 unspecified atom stereocenters. The van der Waals surface area contributed by atoms with Crippen molar-refractivity contribution in [2.75, 3.05) is 51.7 Å². The summed E-state index contributed by atoms with van der Waals surface area (Å²) in [6, 6.07) is 0.244. The first kappa shape index (κ1) is 18.5. The van der Waals surface area contributed by atoms with Crippen LogP contribution in [-0.2, 0) is 9.59 Å². The van der Waals surface area contributed by atoms with Gasteiger partial charge in [0.25, 0.3) is 0 Å². The molecule has 2 atom stereocenters. The second-order valence-electron chi connectivity index (χ2n) is 6.53. The molecule has 0 aromatic heterocycles. The topological polar surface area (TPSA) is 55.9 Å². The van der Waals surface area contributed by atoms with Crippen molar-refractivity contribution in [3.05, 3.63) is 0 Å². The Labute approximate surface area is 143 Å². The van der Waals surface area contributed by atoms with E-state index in [1.807, 2.05) is 18.7 Å². The molecule has 0 spiro atoms. The second-order valence-corrected chi connectivity index (χ2v) is 7.98. The Kier molecular flexibility index (Phi) is 7.17. The number of piperazine rings is 1. The summed E-state index contributed by atoms with van der Waals surface area (Å²) in [6.45, 7) is 11.8. The third kappa shape index (κ3) is 5.65. The number of nitrogens with zero attached hydrogens (tertiary/aromatic N) is 3. The number of hydrogen-bond donors (Lipinski definition) is 1. The van der Waals surface area contributed by atoms with Gasteiger partial charge in [0.2, 0.25) is 11.8 Å². The molecule has 132 valence electrons. The zero-order chi connectivity index (χ0) is 16.8. The predicted molar refractivity (Wildman–Crippen MR) is 94.4 cm³/mol. The van der Waals surface area contributed by atoms with Crippen LogP contribution in [0.25, 0.3) is 0 Å². The second kappa shape index (κ2) is 8.89. The molecule has 0 radical (unpaired) electrons. The van der Waals surface area contributed by atoms with Gasteiger partial charge in [-0.05, 0) is 20.3 Å². The third-order valence-electron chi connectivity index (χ3n) is 4.61. The highest BCUT2D eigenvalue weighted by molar-refractivity contribution is 8.00. The standard InChI is InChI=1S/C16H30N4O2S/c1-4-13(2)17-15(21)11-18-5-7-19(8-6-18)12-20-9-10-23-14(3)16(20)22/h13-14H,4-12H2,1-3H3,(H,17,21)/t13-,14+/m0/s1. The fourth-order valence-electron chi connectivity index (χ4n) is 2.87. The maximum atomic E-state index is 12.2. The van der Waals surface area contributed by atoms with Crippen molar-refractivity contribution in [3.63, 3.8) is 0 Å². The lowest BCUT2D eigenvalue weighted by molar-refractivity contribution is -0.133. The van der Waals surface area contributed by atoms with Crippen LogP contribution in [0, 0.1) is 0 Å². The molecule has 0 aliphatic carbocycles. The fourth-order valence-corrected chi connectivity index (χ4v) is 3.85. The van der Waals surface area contributed by atoms with Crippen LogP contribution in [0.3, 0.4) is 0 Å². The Balaban J connectivity index is 1.69. The van der Waals surface area contributed by atoms with Crippen LogP contribution in [0.15, 0.2) is 0 Å². The normalized spacial score (nSPS) is 25.4. The molecule has 2 rings (SSSR count). The smallest absolute Gasteiger partial charge is 0.236 e. The van der Waals surface area contributed by atoms with Crippen LogP contribution in [-0.4, -0.2) is 89.5 Å². The van der Waals surface area contributed by atoms with Gasteiger partial charge in [-0.3, -0.25) is 19.4 Å². The molecule has 0 aromatic rings. The van der Waals surface area contributed by atoms with Crippen molar-refractivity contribution in [3.8, 4) is 0 Å². The summed E-state index contributed by atoms with van der Waals surface area (Å²) in [7, 11) is 0. The molecule has 23 heavy (non-hydrogen) atoms. The summed E-state index contributed by atoms with van der Waals surface area (Å²) in [5.41, 5.74) is 0. The van der Waals surface area contributed by atoms with Gasteiger partial charge >= 0.3 is 0 Å². The fraction of sp³-hybridized carbons (Fsp3) is 0.875. The Morgan fingerprint density at radius 3 is 2.57 bits per heavy atom. The lowest BCUT2D eigenvalue weighted by Gasteiger charge is -2.39. The summed E-state index contributed by atoms with van der Waals surface area (Å²) < 4.78 is 0. The summed E-state index contributed by atoms with van der Waals surface area (Å²) >= 11 is 1.74. The van der Waals surface area contributed by atoms with E-state index >= 15 is 0 Å². The number of carbonyl (C=O) groups excluding carboxylic acids is 2. The van der Waals surface area contributed by atoms with Gasteiger partial charge < -0.3 is 10.2 Å². The van der Waals surface area contributed by atoms with Crippen LogP contribution >= 0.6 is 11.8 Å². The van der Waals surface area contributed by atoms with E-state index in [1.165, 1.54) is 0 Å². The number of rotatable bonds is 6. The maximum Gasteiger partial charge on any atom is 0.236 e. The van der Waals surface area contributed by atoms with Crippen LogP contribution < -0.4 is 5.32 Å². The summed E-state index contributed by atoms with van der Waals surface area (Å²) in [5, 5.41) is 3.11. The van der Waals surface area contributed by atoms with E-state index < -0.39 is 0 Å².